The van der Waals surface area contributed by atoms with Gasteiger partial charge in [0.25, 0.3) is 0 Å². The smallest absolute Gasteiger partial charge is 0.167 e. The number of Topliss-reactive ketones (excluding diaryl/α,β-unsaturated/α-hetero) is 1. The predicted octanol–water partition coefficient (Wildman–Crippen LogP) is 5.52. The summed E-state index contributed by atoms with van der Waals surface area (Å²) in [5.74, 6) is 0.742. The van der Waals surface area contributed by atoms with E-state index >= 15 is 0 Å². The summed E-state index contributed by atoms with van der Waals surface area (Å²) in [7, 11) is 0. The first-order valence-corrected chi connectivity index (χ1v) is 10.0. The highest BCUT2D eigenvalue weighted by Crippen LogP contribution is 2.70. The minimum Gasteiger partial charge on any atom is -0.381 e. The molecule has 2 fully saturated rings. The van der Waals surface area contributed by atoms with E-state index in [1.165, 1.54) is 25.7 Å². The lowest BCUT2D eigenvalue weighted by Gasteiger charge is -2.45. The Hall–Kier alpha value is -0.370. The molecule has 0 aliphatic heterocycles. The highest BCUT2D eigenvalue weighted by Gasteiger charge is 2.71. The van der Waals surface area contributed by atoms with Crippen molar-refractivity contribution in [3.05, 3.63) is 0 Å². The first-order chi connectivity index (χ1) is 10.7. The fraction of sp³-hybridized carbons (Fsp3) is 0.952. The van der Waals surface area contributed by atoms with Gasteiger partial charge < -0.3 is 5.11 Å². The molecule has 2 aliphatic carbocycles. The lowest BCUT2D eigenvalue weighted by atomic mass is 9.61. The predicted molar refractivity (Wildman–Crippen MR) is 96.3 cm³/mol. The van der Waals surface area contributed by atoms with E-state index in [9.17, 15) is 9.90 Å². The van der Waals surface area contributed by atoms with Gasteiger partial charge >= 0.3 is 0 Å². The number of carbonyl (C=O) groups excluding carboxylic acids is 1. The number of hydrogen-bond acceptors (Lipinski definition) is 2. The molecule has 2 aliphatic rings. The van der Waals surface area contributed by atoms with E-state index in [1.54, 1.807) is 0 Å². The zero-order valence-corrected chi connectivity index (χ0v) is 16.1. The second kappa shape index (κ2) is 6.86. The third kappa shape index (κ3) is 2.90. The number of carbonyl (C=O) groups is 1. The van der Waals surface area contributed by atoms with Crippen molar-refractivity contribution in [1.29, 1.82) is 0 Å². The van der Waals surface area contributed by atoms with Crippen molar-refractivity contribution < 1.29 is 9.90 Å². The Kier molecular flexibility index (Phi) is 5.66. The third-order valence-electron chi connectivity index (χ3n) is 7.71. The first-order valence-electron chi connectivity index (χ1n) is 10.0. The van der Waals surface area contributed by atoms with Gasteiger partial charge in [0.1, 0.15) is 5.60 Å². The first kappa shape index (κ1) is 19.0. The van der Waals surface area contributed by atoms with Gasteiger partial charge in [0.2, 0.25) is 0 Å². The fourth-order valence-corrected chi connectivity index (χ4v) is 5.56. The Morgan fingerprint density at radius 1 is 1.09 bits per heavy atom. The third-order valence-corrected chi connectivity index (χ3v) is 7.71. The van der Waals surface area contributed by atoms with Crippen LogP contribution in [0.4, 0.5) is 0 Å². The zero-order valence-electron chi connectivity index (χ0n) is 16.1. The fourth-order valence-electron chi connectivity index (χ4n) is 5.56. The molecule has 2 bridgehead atoms. The summed E-state index contributed by atoms with van der Waals surface area (Å²) < 4.78 is 0. The Morgan fingerprint density at radius 2 is 1.78 bits per heavy atom. The summed E-state index contributed by atoms with van der Waals surface area (Å²) >= 11 is 0. The molecule has 23 heavy (non-hydrogen) atoms. The number of fused-ring (bicyclic) bond motifs is 2. The molecular weight excluding hydrogens is 284 g/mol. The van der Waals surface area contributed by atoms with Gasteiger partial charge in [-0.05, 0) is 43.4 Å². The number of unbranched alkanes of at least 4 members (excludes halogenated alkanes) is 3. The van der Waals surface area contributed by atoms with Crippen molar-refractivity contribution in [2.75, 3.05) is 0 Å². The molecule has 0 heterocycles. The molecule has 2 nitrogen and oxygen atoms in total. The quantitative estimate of drug-likeness (QED) is 0.567. The van der Waals surface area contributed by atoms with Crippen LogP contribution in [-0.4, -0.2) is 16.5 Å². The number of aliphatic hydroxyl groups is 1. The Morgan fingerprint density at radius 3 is 2.26 bits per heavy atom. The lowest BCUT2D eigenvalue weighted by molar-refractivity contribution is -0.160. The van der Waals surface area contributed by atoms with Crippen LogP contribution in [0.3, 0.4) is 0 Å². The minimum absolute atomic E-state index is 0.0637. The molecule has 0 unspecified atom stereocenters. The SMILES string of the molecule is CCCCCC[C@H](CCC)C(=O)[C@@]1(O)C[C@H]2CC[C@]1(C)C2(C)C. The van der Waals surface area contributed by atoms with E-state index in [2.05, 4.69) is 34.6 Å². The van der Waals surface area contributed by atoms with Crippen LogP contribution < -0.4 is 0 Å². The van der Waals surface area contributed by atoms with Gasteiger partial charge in [-0.15, -0.1) is 0 Å². The monoisotopic (exact) mass is 322 g/mol. The normalized spacial score (nSPS) is 36.3. The lowest BCUT2D eigenvalue weighted by Crippen LogP contribution is -2.55. The van der Waals surface area contributed by atoms with Crippen LogP contribution in [0.15, 0.2) is 0 Å². The van der Waals surface area contributed by atoms with Gasteiger partial charge in [-0.2, -0.15) is 0 Å². The topological polar surface area (TPSA) is 37.3 Å². The molecule has 2 saturated carbocycles. The van der Waals surface area contributed by atoms with Crippen LogP contribution in [0, 0.1) is 22.7 Å². The van der Waals surface area contributed by atoms with E-state index in [4.69, 9.17) is 0 Å². The van der Waals surface area contributed by atoms with Gasteiger partial charge in [-0.1, -0.05) is 66.7 Å². The van der Waals surface area contributed by atoms with Crippen molar-refractivity contribution in [1.82, 2.24) is 0 Å². The highest BCUT2D eigenvalue weighted by atomic mass is 16.3. The molecule has 4 atom stereocenters. The molecule has 0 amide bonds. The molecule has 2 rings (SSSR count). The zero-order chi connectivity index (χ0) is 17.3. The molecular formula is C21H38O2. The van der Waals surface area contributed by atoms with Crippen molar-refractivity contribution in [3.8, 4) is 0 Å². The van der Waals surface area contributed by atoms with Crippen molar-refractivity contribution in [2.45, 2.75) is 104 Å². The van der Waals surface area contributed by atoms with Crippen LogP contribution in [0.2, 0.25) is 0 Å². The minimum atomic E-state index is -1.08. The second-order valence-electron chi connectivity index (χ2n) is 9.05. The van der Waals surface area contributed by atoms with Crippen LogP contribution in [0.25, 0.3) is 0 Å². The van der Waals surface area contributed by atoms with Crippen LogP contribution in [-0.2, 0) is 4.79 Å². The number of ketones is 1. The van der Waals surface area contributed by atoms with E-state index < -0.39 is 5.60 Å². The largest absolute Gasteiger partial charge is 0.381 e. The van der Waals surface area contributed by atoms with Crippen LogP contribution >= 0.6 is 0 Å². The summed E-state index contributed by atoms with van der Waals surface area (Å²) in [5, 5.41) is 11.5. The van der Waals surface area contributed by atoms with E-state index in [0.717, 1.165) is 32.1 Å². The molecule has 0 radical (unpaired) electrons. The summed E-state index contributed by atoms with van der Waals surface area (Å²) in [5.41, 5.74) is -1.24. The Bertz CT molecular complexity index is 428. The van der Waals surface area contributed by atoms with Crippen molar-refractivity contribution >= 4 is 5.78 Å². The van der Waals surface area contributed by atoms with Gasteiger partial charge in [0, 0.05) is 11.3 Å². The summed E-state index contributed by atoms with van der Waals surface area (Å²) in [4.78, 5) is 13.4. The molecule has 0 saturated heterocycles. The highest BCUT2D eigenvalue weighted by molar-refractivity contribution is 5.91. The summed E-state index contributed by atoms with van der Waals surface area (Å²) in [6.45, 7) is 11.1. The number of rotatable bonds is 9. The molecule has 0 aromatic heterocycles. The Labute approximate surface area is 143 Å². The maximum absolute atomic E-state index is 13.4. The average molecular weight is 323 g/mol. The average Bonchev–Trinajstić information content (AvgIpc) is 2.82. The molecule has 1 N–H and O–H groups in total. The van der Waals surface area contributed by atoms with E-state index in [0.29, 0.717) is 12.3 Å². The second-order valence-corrected chi connectivity index (χ2v) is 9.05. The number of hydrogen-bond donors (Lipinski definition) is 1. The molecule has 134 valence electrons. The summed E-state index contributed by atoms with van der Waals surface area (Å²) in [6.07, 6.45) is 10.6. The Balaban J connectivity index is 2.13. The van der Waals surface area contributed by atoms with Gasteiger partial charge in [-0.3, -0.25) is 4.79 Å². The summed E-state index contributed by atoms with van der Waals surface area (Å²) in [6, 6.07) is 0. The van der Waals surface area contributed by atoms with Crippen molar-refractivity contribution in [3.63, 3.8) is 0 Å². The van der Waals surface area contributed by atoms with E-state index in [1.807, 2.05) is 0 Å². The van der Waals surface area contributed by atoms with Gasteiger partial charge in [-0.25, -0.2) is 0 Å². The van der Waals surface area contributed by atoms with E-state index in [-0.39, 0.29) is 22.5 Å². The van der Waals surface area contributed by atoms with Crippen LogP contribution in [0.5, 0.6) is 0 Å². The maximum Gasteiger partial charge on any atom is 0.167 e. The molecule has 2 heteroatoms. The van der Waals surface area contributed by atoms with Crippen molar-refractivity contribution in [2.24, 2.45) is 22.7 Å². The molecule has 0 spiro atoms. The maximum atomic E-state index is 13.4. The molecule has 0 aromatic rings. The van der Waals surface area contributed by atoms with Gasteiger partial charge in [0.05, 0.1) is 0 Å². The standard InChI is InChI=1S/C21H38O2/c1-6-8-9-10-12-16(11-7-2)18(22)21(23)15-17-13-14-20(21,5)19(17,3)4/h16-17,23H,6-15H2,1-5H3/t16-,17+,20+,21-/m0/s1. The van der Waals surface area contributed by atoms with Crippen LogP contribution in [0.1, 0.15) is 98.8 Å². The van der Waals surface area contributed by atoms with Gasteiger partial charge in [0.15, 0.2) is 5.78 Å². The molecule has 0 aromatic carbocycles.